The molecule has 0 radical (unpaired) electrons. The summed E-state index contributed by atoms with van der Waals surface area (Å²) in [6, 6.07) is 5.93. The zero-order chi connectivity index (χ0) is 12.4. The number of halogens is 2. The smallest absolute Gasteiger partial charge is 0.0529 e. The summed E-state index contributed by atoms with van der Waals surface area (Å²) < 4.78 is 0. The van der Waals surface area contributed by atoms with E-state index in [1.165, 1.54) is 0 Å². The van der Waals surface area contributed by atoms with Crippen molar-refractivity contribution in [3.8, 4) is 0 Å². The third-order valence-corrected chi connectivity index (χ3v) is 4.01. The number of benzene rings is 1. The summed E-state index contributed by atoms with van der Waals surface area (Å²) in [5.74, 6) is 0. The number of nitrogens with two attached hydrogens (primary N) is 1. The van der Waals surface area contributed by atoms with Crippen LogP contribution in [0.4, 0.5) is 0 Å². The monoisotopic (exact) mass is 272 g/mol. The minimum atomic E-state index is 0.124. The normalized spacial score (nSPS) is 25.4. The summed E-state index contributed by atoms with van der Waals surface area (Å²) >= 11 is 12.5. The predicted octanol–water partition coefficient (Wildman–Crippen LogP) is 3.48. The lowest BCUT2D eigenvalue weighted by Crippen LogP contribution is -2.32. The molecule has 0 aliphatic carbocycles. The molecule has 0 amide bonds. The van der Waals surface area contributed by atoms with E-state index in [9.17, 15) is 0 Å². The largest absolute Gasteiger partial charge is 0.326 e. The van der Waals surface area contributed by atoms with Gasteiger partial charge in [0.25, 0.3) is 0 Å². The Labute approximate surface area is 113 Å². The molecule has 4 heteroatoms. The van der Waals surface area contributed by atoms with Crippen LogP contribution in [0, 0.1) is 0 Å². The number of hydrogen-bond donors (Lipinski definition) is 1. The minimum Gasteiger partial charge on any atom is -0.326 e. The average Bonchev–Trinajstić information content (AvgIpc) is 2.62. The zero-order valence-corrected chi connectivity index (χ0v) is 11.5. The van der Waals surface area contributed by atoms with Crippen molar-refractivity contribution in [2.75, 3.05) is 13.1 Å². The summed E-state index contributed by atoms with van der Waals surface area (Å²) in [4.78, 5) is 2.39. The molecule has 2 N–H and O–H groups in total. The molecular formula is C13H18Cl2N2. The van der Waals surface area contributed by atoms with Gasteiger partial charge in [-0.2, -0.15) is 0 Å². The topological polar surface area (TPSA) is 29.3 Å². The Morgan fingerprint density at radius 3 is 2.59 bits per heavy atom. The highest BCUT2D eigenvalue weighted by molar-refractivity contribution is 6.36. The molecule has 1 aliphatic heterocycles. The lowest BCUT2D eigenvalue weighted by Gasteiger charge is -2.28. The Morgan fingerprint density at radius 1 is 1.35 bits per heavy atom. The standard InChI is InChI=1S/C13H18Cl2N2/c1-2-7-17-8-6-11(16)13(17)12-9(14)4-3-5-10(12)15/h3-5,11,13H,2,6-8,16H2,1H3. The lowest BCUT2D eigenvalue weighted by molar-refractivity contribution is 0.248. The maximum atomic E-state index is 6.27. The highest BCUT2D eigenvalue weighted by Gasteiger charge is 2.34. The second kappa shape index (κ2) is 5.57. The first kappa shape index (κ1) is 13.2. The van der Waals surface area contributed by atoms with Crippen LogP contribution in [0.25, 0.3) is 0 Å². The first-order valence-corrected chi connectivity index (χ1v) is 6.84. The molecule has 94 valence electrons. The van der Waals surface area contributed by atoms with Gasteiger partial charge >= 0.3 is 0 Å². The molecule has 1 fully saturated rings. The maximum Gasteiger partial charge on any atom is 0.0529 e. The molecule has 1 heterocycles. The molecule has 1 saturated heterocycles. The highest BCUT2D eigenvalue weighted by Crippen LogP contribution is 2.39. The fourth-order valence-corrected chi connectivity index (χ4v) is 3.23. The van der Waals surface area contributed by atoms with Crippen molar-refractivity contribution in [2.24, 2.45) is 5.73 Å². The van der Waals surface area contributed by atoms with E-state index in [1.807, 2.05) is 18.2 Å². The van der Waals surface area contributed by atoms with Crippen LogP contribution >= 0.6 is 23.2 Å². The van der Waals surface area contributed by atoms with E-state index in [-0.39, 0.29) is 12.1 Å². The maximum absolute atomic E-state index is 6.27. The van der Waals surface area contributed by atoms with Crippen LogP contribution in [0.2, 0.25) is 10.0 Å². The van der Waals surface area contributed by atoms with E-state index >= 15 is 0 Å². The van der Waals surface area contributed by atoms with Gasteiger partial charge in [-0.15, -0.1) is 0 Å². The van der Waals surface area contributed by atoms with Crippen LogP contribution in [0.5, 0.6) is 0 Å². The molecule has 1 aliphatic rings. The van der Waals surface area contributed by atoms with Crippen molar-refractivity contribution in [1.82, 2.24) is 4.90 Å². The zero-order valence-electron chi connectivity index (χ0n) is 10.00. The van der Waals surface area contributed by atoms with Gasteiger partial charge in [0.15, 0.2) is 0 Å². The quantitative estimate of drug-likeness (QED) is 0.913. The molecule has 2 atom stereocenters. The Balaban J connectivity index is 2.36. The second-order valence-electron chi connectivity index (χ2n) is 4.57. The third-order valence-electron chi connectivity index (χ3n) is 3.35. The van der Waals surface area contributed by atoms with Gasteiger partial charge in [-0.3, -0.25) is 4.90 Å². The molecule has 0 spiro atoms. The number of likely N-dealkylation sites (tertiary alicyclic amines) is 1. The predicted molar refractivity (Wildman–Crippen MR) is 73.7 cm³/mol. The molecule has 1 aromatic rings. The van der Waals surface area contributed by atoms with Gasteiger partial charge in [0.05, 0.1) is 6.04 Å². The van der Waals surface area contributed by atoms with Crippen molar-refractivity contribution in [1.29, 1.82) is 0 Å². The summed E-state index contributed by atoms with van der Waals surface area (Å²) in [7, 11) is 0. The van der Waals surface area contributed by atoms with E-state index < -0.39 is 0 Å². The lowest BCUT2D eigenvalue weighted by atomic mass is 10.0. The van der Waals surface area contributed by atoms with Crippen molar-refractivity contribution in [3.05, 3.63) is 33.8 Å². The van der Waals surface area contributed by atoms with Crippen LogP contribution in [-0.2, 0) is 0 Å². The molecule has 2 nitrogen and oxygen atoms in total. The van der Waals surface area contributed by atoms with Crippen LogP contribution in [0.15, 0.2) is 18.2 Å². The fourth-order valence-electron chi connectivity index (χ4n) is 2.61. The summed E-state index contributed by atoms with van der Waals surface area (Å²) in [5.41, 5.74) is 7.21. The van der Waals surface area contributed by atoms with Gasteiger partial charge in [-0.25, -0.2) is 0 Å². The van der Waals surface area contributed by atoms with Gasteiger partial charge in [0.2, 0.25) is 0 Å². The SMILES string of the molecule is CCCN1CCC(N)C1c1c(Cl)cccc1Cl. The van der Waals surface area contributed by atoms with Crippen molar-refractivity contribution in [2.45, 2.75) is 31.8 Å². The first-order valence-electron chi connectivity index (χ1n) is 6.08. The second-order valence-corrected chi connectivity index (χ2v) is 5.38. The van der Waals surface area contributed by atoms with Crippen LogP contribution in [0.1, 0.15) is 31.4 Å². The van der Waals surface area contributed by atoms with E-state index in [0.717, 1.165) is 41.5 Å². The highest BCUT2D eigenvalue weighted by atomic mass is 35.5. The Morgan fingerprint density at radius 2 is 2.00 bits per heavy atom. The van der Waals surface area contributed by atoms with Crippen LogP contribution in [0.3, 0.4) is 0 Å². The first-order chi connectivity index (χ1) is 8.15. The molecule has 1 aromatic carbocycles. The number of nitrogens with zero attached hydrogens (tertiary/aromatic N) is 1. The van der Waals surface area contributed by atoms with Gasteiger partial charge < -0.3 is 5.73 Å². The average molecular weight is 273 g/mol. The van der Waals surface area contributed by atoms with Crippen LogP contribution < -0.4 is 5.73 Å². The molecular weight excluding hydrogens is 255 g/mol. The number of hydrogen-bond acceptors (Lipinski definition) is 2. The summed E-state index contributed by atoms with van der Waals surface area (Å²) in [6.45, 7) is 4.25. The van der Waals surface area contributed by atoms with E-state index in [2.05, 4.69) is 11.8 Å². The molecule has 0 aromatic heterocycles. The van der Waals surface area contributed by atoms with E-state index in [0.29, 0.717) is 0 Å². The van der Waals surface area contributed by atoms with Gasteiger partial charge in [-0.1, -0.05) is 36.2 Å². The summed E-state index contributed by atoms with van der Waals surface area (Å²) in [5, 5.41) is 1.45. The van der Waals surface area contributed by atoms with Crippen molar-refractivity contribution >= 4 is 23.2 Å². The molecule has 2 unspecified atom stereocenters. The Bertz CT molecular complexity index is 373. The fraction of sp³-hybridized carbons (Fsp3) is 0.538. The number of rotatable bonds is 3. The Kier molecular flexibility index (Phi) is 4.31. The van der Waals surface area contributed by atoms with Crippen molar-refractivity contribution < 1.29 is 0 Å². The molecule has 17 heavy (non-hydrogen) atoms. The minimum absolute atomic E-state index is 0.124. The third kappa shape index (κ3) is 2.60. The van der Waals surface area contributed by atoms with Crippen molar-refractivity contribution in [3.63, 3.8) is 0 Å². The molecule has 2 rings (SSSR count). The van der Waals surface area contributed by atoms with Gasteiger partial charge in [0.1, 0.15) is 0 Å². The summed E-state index contributed by atoms with van der Waals surface area (Å²) in [6.07, 6.45) is 2.12. The van der Waals surface area contributed by atoms with Gasteiger partial charge in [0, 0.05) is 28.2 Å². The van der Waals surface area contributed by atoms with Crippen LogP contribution in [-0.4, -0.2) is 24.0 Å². The van der Waals surface area contributed by atoms with Gasteiger partial charge in [-0.05, 0) is 31.5 Å². The van der Waals surface area contributed by atoms with E-state index in [1.54, 1.807) is 0 Å². The molecule has 0 saturated carbocycles. The molecule has 0 bridgehead atoms. The Hall–Kier alpha value is -0.280. The van der Waals surface area contributed by atoms with E-state index in [4.69, 9.17) is 28.9 Å².